The second-order valence-corrected chi connectivity index (χ2v) is 9.63. The van der Waals surface area contributed by atoms with E-state index in [9.17, 15) is 13.2 Å². The Balaban J connectivity index is 1.97. The summed E-state index contributed by atoms with van der Waals surface area (Å²) in [4.78, 5) is 14.8. The van der Waals surface area contributed by atoms with E-state index in [1.807, 2.05) is 6.92 Å². The quantitative estimate of drug-likeness (QED) is 0.731. The van der Waals surface area contributed by atoms with Crippen LogP contribution < -0.4 is 4.31 Å². The number of sulfonamides is 1. The van der Waals surface area contributed by atoms with Crippen LogP contribution in [0.15, 0.2) is 53.4 Å². The first-order valence-corrected chi connectivity index (χ1v) is 11.2. The van der Waals surface area contributed by atoms with Crippen LogP contribution in [0.2, 0.25) is 5.02 Å². The van der Waals surface area contributed by atoms with Crippen LogP contribution in [0.1, 0.15) is 25.3 Å². The molecular weight excluding hydrogens is 396 g/mol. The lowest BCUT2D eigenvalue weighted by Crippen LogP contribution is -2.46. The molecule has 2 aromatic rings. The minimum Gasteiger partial charge on any atom is -0.341 e. The summed E-state index contributed by atoms with van der Waals surface area (Å²) in [6, 6.07) is 13.3. The van der Waals surface area contributed by atoms with Crippen LogP contribution in [0, 0.1) is 12.8 Å². The molecule has 0 N–H and O–H groups in total. The highest BCUT2D eigenvalue weighted by Gasteiger charge is 2.31. The van der Waals surface area contributed by atoms with Gasteiger partial charge in [0.15, 0.2) is 0 Å². The minimum atomic E-state index is -3.94. The monoisotopic (exact) mass is 420 g/mol. The number of carbonyl (C=O) groups excluding carboxylic acids is 1. The van der Waals surface area contributed by atoms with Crippen LogP contribution in [-0.2, 0) is 14.8 Å². The molecule has 0 spiro atoms. The predicted octanol–water partition coefficient (Wildman–Crippen LogP) is 4.10. The number of piperidine rings is 1. The van der Waals surface area contributed by atoms with Gasteiger partial charge in [0, 0.05) is 13.1 Å². The summed E-state index contributed by atoms with van der Waals surface area (Å²) < 4.78 is 27.9. The van der Waals surface area contributed by atoms with Crippen LogP contribution in [0.25, 0.3) is 0 Å². The third-order valence-electron chi connectivity index (χ3n) is 5.02. The fourth-order valence-corrected chi connectivity index (χ4v) is 5.15. The molecule has 7 heteroatoms. The summed E-state index contributed by atoms with van der Waals surface area (Å²) in [6.07, 6.45) is 2.02. The van der Waals surface area contributed by atoms with Gasteiger partial charge >= 0.3 is 0 Å². The van der Waals surface area contributed by atoms with E-state index in [-0.39, 0.29) is 22.4 Å². The number of amides is 1. The highest BCUT2D eigenvalue weighted by atomic mass is 35.5. The molecular formula is C21H25ClN2O3S. The zero-order valence-corrected chi connectivity index (χ0v) is 17.7. The highest BCUT2D eigenvalue weighted by Crippen LogP contribution is 2.30. The zero-order valence-electron chi connectivity index (χ0n) is 16.1. The normalized spacial score (nSPS) is 17.4. The second kappa shape index (κ2) is 8.53. The number of rotatable bonds is 5. The second-order valence-electron chi connectivity index (χ2n) is 7.36. The van der Waals surface area contributed by atoms with Crippen molar-refractivity contribution in [2.24, 2.45) is 5.92 Å². The maximum absolute atomic E-state index is 13.4. The number of likely N-dealkylation sites (tertiary alicyclic amines) is 1. The van der Waals surface area contributed by atoms with Crippen molar-refractivity contribution >= 4 is 33.2 Å². The van der Waals surface area contributed by atoms with Crippen molar-refractivity contribution in [3.63, 3.8) is 0 Å². The summed E-state index contributed by atoms with van der Waals surface area (Å²) in [5.41, 5.74) is 1.27. The van der Waals surface area contributed by atoms with Crippen molar-refractivity contribution in [1.29, 1.82) is 0 Å². The maximum atomic E-state index is 13.4. The van der Waals surface area contributed by atoms with Crippen LogP contribution in [0.3, 0.4) is 0 Å². The van der Waals surface area contributed by atoms with E-state index < -0.39 is 10.0 Å². The number of benzene rings is 2. The Morgan fingerprint density at radius 3 is 2.50 bits per heavy atom. The average molecular weight is 421 g/mol. The van der Waals surface area contributed by atoms with E-state index in [1.165, 1.54) is 0 Å². The molecule has 0 bridgehead atoms. The molecule has 2 aromatic carbocycles. The van der Waals surface area contributed by atoms with Crippen LogP contribution in [0.4, 0.5) is 5.69 Å². The van der Waals surface area contributed by atoms with Crippen molar-refractivity contribution in [3.05, 3.63) is 59.1 Å². The summed E-state index contributed by atoms with van der Waals surface area (Å²) in [6.45, 7) is 5.04. The van der Waals surface area contributed by atoms with Gasteiger partial charge in [0.25, 0.3) is 10.0 Å². The van der Waals surface area contributed by atoms with Crippen LogP contribution in [0.5, 0.6) is 0 Å². The Bertz CT molecular complexity index is 944. The number of hydrogen-bond acceptors (Lipinski definition) is 3. The first-order chi connectivity index (χ1) is 13.3. The predicted molar refractivity (Wildman–Crippen MR) is 112 cm³/mol. The van der Waals surface area contributed by atoms with Gasteiger partial charge in [-0.25, -0.2) is 8.42 Å². The molecule has 1 unspecified atom stereocenters. The molecule has 1 atom stereocenters. The van der Waals surface area contributed by atoms with Gasteiger partial charge < -0.3 is 4.90 Å². The number of halogens is 1. The molecule has 28 heavy (non-hydrogen) atoms. The van der Waals surface area contributed by atoms with E-state index in [1.54, 1.807) is 53.4 Å². The molecule has 0 saturated carbocycles. The molecule has 150 valence electrons. The van der Waals surface area contributed by atoms with Crippen LogP contribution in [-0.4, -0.2) is 38.9 Å². The lowest BCUT2D eigenvalue weighted by atomic mass is 10.0. The number of carbonyl (C=O) groups is 1. The Labute approximate surface area is 172 Å². The molecule has 0 aliphatic carbocycles. The smallest absolute Gasteiger partial charge is 0.264 e. The fraction of sp³-hybridized carbons (Fsp3) is 0.381. The van der Waals surface area contributed by atoms with Gasteiger partial charge in [-0.15, -0.1) is 0 Å². The number of anilines is 1. The fourth-order valence-electron chi connectivity index (χ4n) is 3.43. The van der Waals surface area contributed by atoms with E-state index in [0.717, 1.165) is 22.7 Å². The van der Waals surface area contributed by atoms with Gasteiger partial charge in [0.1, 0.15) is 6.54 Å². The lowest BCUT2D eigenvalue weighted by Gasteiger charge is -2.33. The van der Waals surface area contributed by atoms with E-state index in [4.69, 9.17) is 11.6 Å². The molecule has 0 aromatic heterocycles. The standard InChI is InChI=1S/C21H25ClN2O3S/c1-16-9-11-18(12-10-16)28(26,27)24(20-8-4-3-7-19(20)22)15-21(25)23-13-5-6-17(2)14-23/h3-4,7-12,17H,5-6,13-15H2,1-2H3. The van der Waals surface area contributed by atoms with E-state index >= 15 is 0 Å². The van der Waals surface area contributed by atoms with E-state index in [0.29, 0.717) is 24.7 Å². The number of hydrogen-bond donors (Lipinski definition) is 0. The highest BCUT2D eigenvalue weighted by molar-refractivity contribution is 7.92. The molecule has 1 heterocycles. The van der Waals surface area contributed by atoms with Gasteiger partial charge in [-0.1, -0.05) is 48.4 Å². The first-order valence-electron chi connectivity index (χ1n) is 9.41. The minimum absolute atomic E-state index is 0.137. The summed E-state index contributed by atoms with van der Waals surface area (Å²) >= 11 is 6.30. The van der Waals surface area contributed by atoms with Gasteiger partial charge in [-0.05, 0) is 49.9 Å². The zero-order chi connectivity index (χ0) is 20.3. The molecule has 0 radical (unpaired) electrons. The largest absolute Gasteiger partial charge is 0.341 e. The third-order valence-corrected chi connectivity index (χ3v) is 7.11. The average Bonchev–Trinajstić information content (AvgIpc) is 2.67. The topological polar surface area (TPSA) is 57.7 Å². The Morgan fingerprint density at radius 1 is 1.18 bits per heavy atom. The molecule has 1 amide bonds. The summed E-state index contributed by atoms with van der Waals surface area (Å²) in [5.74, 6) is 0.210. The number of nitrogens with zero attached hydrogens (tertiary/aromatic N) is 2. The Kier molecular flexibility index (Phi) is 6.30. The molecule has 1 aliphatic heterocycles. The van der Waals surface area contributed by atoms with Gasteiger partial charge in [0.2, 0.25) is 5.91 Å². The first kappa shape index (κ1) is 20.7. The molecule has 1 fully saturated rings. The van der Waals surface area contributed by atoms with Gasteiger partial charge in [-0.2, -0.15) is 0 Å². The molecule has 5 nitrogen and oxygen atoms in total. The van der Waals surface area contributed by atoms with Crippen molar-refractivity contribution in [2.45, 2.75) is 31.6 Å². The van der Waals surface area contributed by atoms with Gasteiger partial charge in [-0.3, -0.25) is 9.10 Å². The van der Waals surface area contributed by atoms with Crippen molar-refractivity contribution < 1.29 is 13.2 Å². The molecule has 1 aliphatic rings. The molecule has 1 saturated heterocycles. The van der Waals surface area contributed by atoms with E-state index in [2.05, 4.69) is 6.92 Å². The number of para-hydroxylation sites is 1. The summed E-state index contributed by atoms with van der Waals surface area (Å²) in [5, 5.41) is 0.290. The summed E-state index contributed by atoms with van der Waals surface area (Å²) in [7, 11) is -3.94. The van der Waals surface area contributed by atoms with Gasteiger partial charge in [0.05, 0.1) is 15.6 Å². The van der Waals surface area contributed by atoms with Crippen molar-refractivity contribution in [1.82, 2.24) is 4.90 Å². The SMILES string of the molecule is Cc1ccc(S(=O)(=O)N(CC(=O)N2CCCC(C)C2)c2ccccc2Cl)cc1. The third kappa shape index (κ3) is 4.50. The Hall–Kier alpha value is -2.05. The lowest BCUT2D eigenvalue weighted by molar-refractivity contribution is -0.131. The Morgan fingerprint density at radius 2 is 1.86 bits per heavy atom. The van der Waals surface area contributed by atoms with Crippen molar-refractivity contribution in [3.8, 4) is 0 Å². The van der Waals surface area contributed by atoms with Crippen LogP contribution >= 0.6 is 11.6 Å². The molecule has 3 rings (SSSR count). The maximum Gasteiger partial charge on any atom is 0.264 e. The number of aryl methyl sites for hydroxylation is 1. The van der Waals surface area contributed by atoms with Crippen molar-refractivity contribution in [2.75, 3.05) is 23.9 Å².